The van der Waals surface area contributed by atoms with Crippen molar-refractivity contribution in [1.82, 2.24) is 10.3 Å². The molecule has 1 N–H and O–H groups in total. The first kappa shape index (κ1) is 18.7. The number of fused-ring (bicyclic) bond motifs is 1. The zero-order valence-electron chi connectivity index (χ0n) is 15.5. The van der Waals surface area contributed by atoms with E-state index in [1.54, 1.807) is 12.1 Å². The highest BCUT2D eigenvalue weighted by atomic mass is 32.1. The number of nitrogens with zero attached hydrogens (tertiary/aromatic N) is 2. The molecule has 2 aromatic heterocycles. The van der Waals surface area contributed by atoms with Crippen molar-refractivity contribution in [3.63, 3.8) is 0 Å². The molecule has 6 heteroatoms. The molecule has 4 rings (SSSR count). The number of carbonyl (C=O) groups is 1. The summed E-state index contributed by atoms with van der Waals surface area (Å²) in [6.07, 6.45) is 2.16. The first-order chi connectivity index (χ1) is 14.2. The van der Waals surface area contributed by atoms with E-state index in [0.717, 1.165) is 20.8 Å². The summed E-state index contributed by atoms with van der Waals surface area (Å²) in [6.45, 7) is 0.455. The molecule has 0 saturated carbocycles. The van der Waals surface area contributed by atoms with Gasteiger partial charge in [-0.3, -0.25) is 4.79 Å². The summed E-state index contributed by atoms with van der Waals surface area (Å²) in [4.78, 5) is 16.9. The molecule has 0 saturated heterocycles. The van der Waals surface area contributed by atoms with Gasteiger partial charge in [-0.05, 0) is 36.2 Å². The largest absolute Gasteiger partial charge is 0.454 e. The molecule has 2 heterocycles. The van der Waals surface area contributed by atoms with Crippen LogP contribution in [0, 0.1) is 11.3 Å². The molecule has 5 nitrogen and oxygen atoms in total. The lowest BCUT2D eigenvalue weighted by Gasteiger charge is -2.04. The SMILES string of the molecule is N#C/C(=C\c1ccc(-c2nc3ccccc3s2)o1)C(=O)NCCc1ccccc1. The highest BCUT2D eigenvalue weighted by molar-refractivity contribution is 7.21. The maximum Gasteiger partial charge on any atom is 0.262 e. The quantitative estimate of drug-likeness (QED) is 0.372. The van der Waals surface area contributed by atoms with E-state index in [4.69, 9.17) is 4.42 Å². The van der Waals surface area contributed by atoms with E-state index in [1.807, 2.05) is 60.7 Å². The fraction of sp³-hybridized carbons (Fsp3) is 0.0870. The van der Waals surface area contributed by atoms with Crippen molar-refractivity contribution in [2.24, 2.45) is 0 Å². The van der Waals surface area contributed by atoms with Crippen molar-refractivity contribution in [2.75, 3.05) is 6.54 Å². The number of benzene rings is 2. The summed E-state index contributed by atoms with van der Waals surface area (Å²) in [7, 11) is 0. The van der Waals surface area contributed by atoms with Gasteiger partial charge in [0.25, 0.3) is 5.91 Å². The fourth-order valence-corrected chi connectivity index (χ4v) is 3.80. The molecule has 0 aliphatic carbocycles. The lowest BCUT2D eigenvalue weighted by Crippen LogP contribution is -2.26. The number of para-hydroxylation sites is 1. The van der Waals surface area contributed by atoms with Gasteiger partial charge in [0.15, 0.2) is 10.8 Å². The Hall–Kier alpha value is -3.69. The second kappa shape index (κ2) is 8.55. The molecule has 0 atom stereocenters. The molecule has 2 aromatic carbocycles. The third-order valence-electron chi connectivity index (χ3n) is 4.33. The minimum atomic E-state index is -0.415. The summed E-state index contributed by atoms with van der Waals surface area (Å²) in [5.41, 5.74) is 2.04. The molecule has 0 spiro atoms. The van der Waals surface area contributed by atoms with Gasteiger partial charge in [0.05, 0.1) is 10.2 Å². The summed E-state index contributed by atoms with van der Waals surface area (Å²) in [5, 5.41) is 12.9. The third kappa shape index (κ3) is 4.42. The first-order valence-electron chi connectivity index (χ1n) is 9.12. The molecule has 0 radical (unpaired) electrons. The Kier molecular flexibility index (Phi) is 5.50. The van der Waals surface area contributed by atoms with Crippen molar-refractivity contribution < 1.29 is 9.21 Å². The second-order valence-corrected chi connectivity index (χ2v) is 7.38. The van der Waals surface area contributed by atoms with Crippen LogP contribution in [-0.2, 0) is 11.2 Å². The molecule has 29 heavy (non-hydrogen) atoms. The molecule has 142 valence electrons. The van der Waals surface area contributed by atoms with Gasteiger partial charge in [-0.2, -0.15) is 5.26 Å². The van der Waals surface area contributed by atoms with Crippen LogP contribution in [0.2, 0.25) is 0 Å². The van der Waals surface area contributed by atoms with Crippen molar-refractivity contribution in [2.45, 2.75) is 6.42 Å². The number of hydrogen-bond acceptors (Lipinski definition) is 5. The van der Waals surface area contributed by atoms with Crippen molar-refractivity contribution in [3.05, 3.63) is 83.6 Å². The van der Waals surface area contributed by atoms with E-state index in [0.29, 0.717) is 24.5 Å². The number of nitriles is 1. The number of amides is 1. The van der Waals surface area contributed by atoms with Gasteiger partial charge < -0.3 is 9.73 Å². The van der Waals surface area contributed by atoms with E-state index in [-0.39, 0.29) is 5.57 Å². The Morgan fingerprint density at radius 2 is 1.90 bits per heavy atom. The van der Waals surface area contributed by atoms with Crippen LogP contribution in [0.15, 0.2) is 76.7 Å². The van der Waals surface area contributed by atoms with Crippen LogP contribution >= 0.6 is 11.3 Å². The second-order valence-electron chi connectivity index (χ2n) is 6.35. The van der Waals surface area contributed by atoms with Crippen LogP contribution in [-0.4, -0.2) is 17.4 Å². The lowest BCUT2D eigenvalue weighted by atomic mass is 10.1. The zero-order chi connectivity index (χ0) is 20.1. The third-order valence-corrected chi connectivity index (χ3v) is 5.38. The summed E-state index contributed by atoms with van der Waals surface area (Å²) < 4.78 is 6.87. The van der Waals surface area contributed by atoms with Crippen molar-refractivity contribution in [3.8, 4) is 16.8 Å². The summed E-state index contributed by atoms with van der Waals surface area (Å²) >= 11 is 1.53. The van der Waals surface area contributed by atoms with Gasteiger partial charge >= 0.3 is 0 Å². The number of carbonyl (C=O) groups excluding carboxylic acids is 1. The highest BCUT2D eigenvalue weighted by Crippen LogP contribution is 2.31. The van der Waals surface area contributed by atoms with Gasteiger partial charge in [-0.15, -0.1) is 11.3 Å². The van der Waals surface area contributed by atoms with Crippen LogP contribution < -0.4 is 5.32 Å². The first-order valence-corrected chi connectivity index (χ1v) is 9.94. The normalized spacial score (nSPS) is 11.3. The molecule has 0 bridgehead atoms. The standard InChI is InChI=1S/C23H17N3O2S/c24-15-17(22(27)25-13-12-16-6-2-1-3-7-16)14-18-10-11-20(28-18)23-26-19-8-4-5-9-21(19)29-23/h1-11,14H,12-13H2,(H,25,27)/b17-14+. The predicted octanol–water partition coefficient (Wildman–Crippen LogP) is 4.82. The van der Waals surface area contributed by atoms with Crippen LogP contribution in [0.25, 0.3) is 27.1 Å². The molecule has 0 aliphatic rings. The summed E-state index contributed by atoms with van der Waals surface area (Å²) in [6, 6.07) is 23.2. The molecular formula is C23H17N3O2S. The van der Waals surface area contributed by atoms with Gasteiger partial charge in [0.2, 0.25) is 0 Å². The number of furan rings is 1. The minimum Gasteiger partial charge on any atom is -0.454 e. The Morgan fingerprint density at radius 3 is 2.69 bits per heavy atom. The Labute approximate surface area is 171 Å². The Bertz CT molecular complexity index is 1180. The average molecular weight is 399 g/mol. The predicted molar refractivity (Wildman–Crippen MR) is 114 cm³/mol. The number of aromatic nitrogens is 1. The maximum atomic E-state index is 12.3. The van der Waals surface area contributed by atoms with E-state index < -0.39 is 5.91 Å². The summed E-state index contributed by atoms with van der Waals surface area (Å²) in [5.74, 6) is 0.634. The van der Waals surface area contributed by atoms with Gasteiger partial charge in [0, 0.05) is 12.6 Å². The maximum absolute atomic E-state index is 12.3. The fourth-order valence-electron chi connectivity index (χ4n) is 2.87. The lowest BCUT2D eigenvalue weighted by molar-refractivity contribution is -0.117. The van der Waals surface area contributed by atoms with Crippen molar-refractivity contribution >= 4 is 33.5 Å². The van der Waals surface area contributed by atoms with Gasteiger partial charge in [0.1, 0.15) is 17.4 Å². The number of thiazole rings is 1. The monoisotopic (exact) mass is 399 g/mol. The van der Waals surface area contributed by atoms with Crippen LogP contribution in [0.3, 0.4) is 0 Å². The average Bonchev–Trinajstić information content (AvgIpc) is 3.39. The molecule has 0 aliphatic heterocycles. The highest BCUT2D eigenvalue weighted by Gasteiger charge is 2.13. The topological polar surface area (TPSA) is 78.9 Å². The van der Waals surface area contributed by atoms with Crippen LogP contribution in [0.1, 0.15) is 11.3 Å². The van der Waals surface area contributed by atoms with Crippen LogP contribution in [0.5, 0.6) is 0 Å². The molecule has 0 unspecified atom stereocenters. The van der Waals surface area contributed by atoms with Gasteiger partial charge in [-0.25, -0.2) is 4.98 Å². The van der Waals surface area contributed by atoms with Gasteiger partial charge in [-0.1, -0.05) is 42.5 Å². The zero-order valence-corrected chi connectivity index (χ0v) is 16.3. The minimum absolute atomic E-state index is 0.00302. The molecule has 1 amide bonds. The van der Waals surface area contributed by atoms with Crippen LogP contribution in [0.4, 0.5) is 0 Å². The molecule has 0 fully saturated rings. The molecule has 4 aromatic rings. The number of rotatable bonds is 6. The van der Waals surface area contributed by atoms with E-state index in [2.05, 4.69) is 10.3 Å². The van der Waals surface area contributed by atoms with E-state index in [9.17, 15) is 10.1 Å². The Balaban J connectivity index is 1.44. The van der Waals surface area contributed by atoms with E-state index >= 15 is 0 Å². The molecular weight excluding hydrogens is 382 g/mol. The number of nitrogens with one attached hydrogen (secondary N) is 1. The number of hydrogen-bond donors (Lipinski definition) is 1. The van der Waals surface area contributed by atoms with E-state index in [1.165, 1.54) is 17.4 Å². The Morgan fingerprint density at radius 1 is 1.10 bits per heavy atom. The smallest absolute Gasteiger partial charge is 0.262 e. The van der Waals surface area contributed by atoms with Crippen molar-refractivity contribution in [1.29, 1.82) is 5.26 Å².